The van der Waals surface area contributed by atoms with E-state index in [-0.39, 0.29) is 0 Å². The van der Waals surface area contributed by atoms with Crippen LogP contribution in [0.15, 0.2) is 12.3 Å². The number of allylic oxidation sites excluding steroid dienone is 1. The van der Waals surface area contributed by atoms with Gasteiger partial charge in [0.25, 0.3) is 0 Å². The maximum absolute atomic E-state index is 3.65. The molecule has 1 N–H and O–H groups in total. The van der Waals surface area contributed by atoms with Crippen molar-refractivity contribution in [3.8, 4) is 0 Å². The van der Waals surface area contributed by atoms with E-state index in [2.05, 4.69) is 12.0 Å². The second-order valence-electron chi connectivity index (χ2n) is 1.72. The fourth-order valence-electron chi connectivity index (χ4n) is 0.326. The van der Waals surface area contributed by atoms with Gasteiger partial charge in [-0.2, -0.15) is 0 Å². The SMILES string of the molecule is C=[N+](C)CN/C=C\C. The van der Waals surface area contributed by atoms with E-state index in [9.17, 15) is 0 Å². The molecule has 0 atom stereocenters. The van der Waals surface area contributed by atoms with Gasteiger partial charge in [-0.05, 0) is 13.1 Å². The third kappa shape index (κ3) is 5.21. The van der Waals surface area contributed by atoms with Crippen LogP contribution in [0, 0.1) is 0 Å². The molecule has 0 saturated heterocycles. The summed E-state index contributed by atoms with van der Waals surface area (Å²) in [4.78, 5) is 0. The van der Waals surface area contributed by atoms with E-state index < -0.39 is 0 Å². The summed E-state index contributed by atoms with van der Waals surface area (Å²) < 4.78 is 1.82. The van der Waals surface area contributed by atoms with Crippen LogP contribution in [0.5, 0.6) is 0 Å². The van der Waals surface area contributed by atoms with Gasteiger partial charge in [0.2, 0.25) is 6.67 Å². The molecule has 2 nitrogen and oxygen atoms in total. The highest BCUT2D eigenvalue weighted by atomic mass is 15.1. The van der Waals surface area contributed by atoms with Crippen LogP contribution in [-0.4, -0.2) is 25.0 Å². The molecule has 0 spiro atoms. The van der Waals surface area contributed by atoms with Crippen LogP contribution in [0.25, 0.3) is 0 Å². The summed E-state index contributed by atoms with van der Waals surface area (Å²) in [6.07, 6.45) is 3.84. The Morgan fingerprint density at radius 2 is 2.38 bits per heavy atom. The highest BCUT2D eigenvalue weighted by Gasteiger charge is 1.80. The van der Waals surface area contributed by atoms with Gasteiger partial charge in [0, 0.05) is 0 Å². The molecule has 46 valence electrons. The Balaban J connectivity index is 3.05. The summed E-state index contributed by atoms with van der Waals surface area (Å²) >= 11 is 0. The largest absolute Gasteiger partial charge is 0.338 e. The summed E-state index contributed by atoms with van der Waals surface area (Å²) in [6, 6.07) is 0. The highest BCUT2D eigenvalue weighted by Crippen LogP contribution is 1.61. The van der Waals surface area contributed by atoms with Crippen molar-refractivity contribution in [3.05, 3.63) is 12.3 Å². The van der Waals surface area contributed by atoms with Crippen molar-refractivity contribution in [3.63, 3.8) is 0 Å². The Labute approximate surface area is 50.5 Å². The lowest BCUT2D eigenvalue weighted by molar-refractivity contribution is -0.492. The summed E-state index contributed by atoms with van der Waals surface area (Å²) in [7, 11) is 1.91. The summed E-state index contributed by atoms with van der Waals surface area (Å²) in [5, 5.41) is 3.02. The predicted octanol–water partition coefficient (Wildman–Crippen LogP) is 0.410. The third-order valence-corrected chi connectivity index (χ3v) is 0.646. The van der Waals surface area contributed by atoms with Crippen LogP contribution in [0.2, 0.25) is 0 Å². The minimum absolute atomic E-state index is 0.796. The van der Waals surface area contributed by atoms with Crippen molar-refractivity contribution in [1.82, 2.24) is 5.32 Å². The van der Waals surface area contributed by atoms with Gasteiger partial charge in [0.1, 0.15) is 13.8 Å². The lowest BCUT2D eigenvalue weighted by atomic mass is 10.7. The van der Waals surface area contributed by atoms with E-state index in [1.54, 1.807) is 0 Å². The van der Waals surface area contributed by atoms with Gasteiger partial charge in [0.05, 0.1) is 0 Å². The predicted molar refractivity (Wildman–Crippen MR) is 36.1 cm³/mol. The molecule has 0 heterocycles. The summed E-state index contributed by atoms with van der Waals surface area (Å²) in [6.45, 7) is 6.41. The molecule has 0 bridgehead atoms. The normalized spacial score (nSPS) is 9.75. The molecule has 0 radical (unpaired) electrons. The van der Waals surface area contributed by atoms with Crippen molar-refractivity contribution < 1.29 is 4.58 Å². The van der Waals surface area contributed by atoms with E-state index >= 15 is 0 Å². The van der Waals surface area contributed by atoms with Crippen LogP contribution < -0.4 is 5.32 Å². The first-order valence-electron chi connectivity index (χ1n) is 2.63. The van der Waals surface area contributed by atoms with E-state index in [1.165, 1.54) is 0 Å². The standard InChI is InChI=1S/C6H13N2/c1-4-5-7-6-8(2)3/h4-5,7H,2,6H2,1,3H3/q+1/b5-4-. The van der Waals surface area contributed by atoms with Crippen LogP contribution >= 0.6 is 0 Å². The molecule has 0 rings (SSSR count). The minimum Gasteiger partial charge on any atom is -0.338 e. The maximum atomic E-state index is 3.65. The fourth-order valence-corrected chi connectivity index (χ4v) is 0.326. The van der Waals surface area contributed by atoms with Crippen LogP contribution in [0.3, 0.4) is 0 Å². The van der Waals surface area contributed by atoms with Crippen molar-refractivity contribution in [2.24, 2.45) is 0 Å². The van der Waals surface area contributed by atoms with Crippen LogP contribution in [0.1, 0.15) is 6.92 Å². The first-order valence-corrected chi connectivity index (χ1v) is 2.63. The monoisotopic (exact) mass is 113 g/mol. The van der Waals surface area contributed by atoms with Gasteiger partial charge in [-0.15, -0.1) is 0 Å². The van der Waals surface area contributed by atoms with Gasteiger partial charge in [-0.1, -0.05) is 6.08 Å². The number of nitrogens with one attached hydrogen (secondary N) is 1. The molecule has 0 aromatic heterocycles. The van der Waals surface area contributed by atoms with E-state index in [0.29, 0.717) is 0 Å². The second kappa shape index (κ2) is 4.37. The topological polar surface area (TPSA) is 15.0 Å². The van der Waals surface area contributed by atoms with Gasteiger partial charge in [0.15, 0.2) is 0 Å². The Morgan fingerprint density at radius 1 is 1.75 bits per heavy atom. The smallest absolute Gasteiger partial charge is 0.214 e. The van der Waals surface area contributed by atoms with Gasteiger partial charge in [-0.3, -0.25) is 0 Å². The van der Waals surface area contributed by atoms with Gasteiger partial charge in [-0.25, -0.2) is 4.58 Å². The number of hydrogen-bond acceptors (Lipinski definition) is 1. The maximum Gasteiger partial charge on any atom is 0.214 e. The van der Waals surface area contributed by atoms with Crippen LogP contribution in [0.4, 0.5) is 0 Å². The lowest BCUT2D eigenvalue weighted by Gasteiger charge is -1.91. The fraction of sp³-hybridized carbons (Fsp3) is 0.500. The number of hydrogen-bond donors (Lipinski definition) is 1. The molecule has 0 aliphatic carbocycles. The zero-order chi connectivity index (χ0) is 6.41. The zero-order valence-corrected chi connectivity index (χ0v) is 5.52. The molecule has 0 fully saturated rings. The van der Waals surface area contributed by atoms with Crippen molar-refractivity contribution >= 4 is 6.72 Å². The van der Waals surface area contributed by atoms with E-state index in [4.69, 9.17) is 0 Å². The third-order valence-electron chi connectivity index (χ3n) is 0.646. The van der Waals surface area contributed by atoms with Gasteiger partial charge < -0.3 is 5.32 Å². The van der Waals surface area contributed by atoms with Crippen molar-refractivity contribution in [2.45, 2.75) is 6.92 Å². The van der Waals surface area contributed by atoms with E-state index in [1.807, 2.05) is 30.8 Å². The average molecular weight is 113 g/mol. The Morgan fingerprint density at radius 3 is 2.75 bits per heavy atom. The molecule has 0 aromatic rings. The molecular formula is C6H13N2+. The quantitative estimate of drug-likeness (QED) is 0.318. The Kier molecular flexibility index (Phi) is 3.94. The van der Waals surface area contributed by atoms with E-state index in [0.717, 1.165) is 6.67 Å². The first kappa shape index (κ1) is 7.21. The molecule has 0 aromatic carbocycles. The zero-order valence-electron chi connectivity index (χ0n) is 5.52. The second-order valence-corrected chi connectivity index (χ2v) is 1.72. The highest BCUT2D eigenvalue weighted by molar-refractivity contribution is 5.13. The first-order chi connectivity index (χ1) is 3.77. The molecule has 0 aliphatic heterocycles. The van der Waals surface area contributed by atoms with Gasteiger partial charge >= 0.3 is 0 Å². The molecule has 0 saturated carbocycles. The molecule has 8 heavy (non-hydrogen) atoms. The summed E-state index contributed by atoms with van der Waals surface area (Å²) in [5.74, 6) is 0. The number of rotatable bonds is 3. The molecule has 0 amide bonds. The minimum atomic E-state index is 0.796. The lowest BCUT2D eigenvalue weighted by Crippen LogP contribution is -2.17. The Bertz CT molecular complexity index is 94.7. The summed E-state index contributed by atoms with van der Waals surface area (Å²) in [5.41, 5.74) is 0. The molecule has 2 heteroatoms. The Hall–Kier alpha value is -0.790. The molecule has 0 unspecified atom stereocenters. The molecular weight excluding hydrogens is 100 g/mol. The molecule has 0 aliphatic rings. The average Bonchev–Trinajstić information content (AvgIpc) is 1.66. The number of nitrogens with zero attached hydrogens (tertiary/aromatic N) is 1. The van der Waals surface area contributed by atoms with Crippen LogP contribution in [-0.2, 0) is 0 Å². The van der Waals surface area contributed by atoms with Crippen molar-refractivity contribution in [2.75, 3.05) is 13.7 Å². The van der Waals surface area contributed by atoms with Crippen molar-refractivity contribution in [1.29, 1.82) is 0 Å².